The first kappa shape index (κ1) is 13.8. The highest BCUT2D eigenvalue weighted by Gasteiger charge is 2.29. The summed E-state index contributed by atoms with van der Waals surface area (Å²) in [5, 5.41) is 0. The fourth-order valence-electron chi connectivity index (χ4n) is 2.04. The summed E-state index contributed by atoms with van der Waals surface area (Å²) in [5.74, 6) is 0.843. The summed E-state index contributed by atoms with van der Waals surface area (Å²) < 4.78 is 5.09. The van der Waals surface area contributed by atoms with E-state index in [1.807, 2.05) is 0 Å². The molecule has 1 aliphatic heterocycles. The predicted molar refractivity (Wildman–Crippen MR) is 69.2 cm³/mol. The maximum Gasteiger partial charge on any atom is 0.314 e. The number of unbranched alkanes of at least 4 members (excludes halogenated alkanes) is 5. The van der Waals surface area contributed by atoms with E-state index in [9.17, 15) is 4.79 Å². The maximum atomic E-state index is 11.4. The summed E-state index contributed by atoms with van der Waals surface area (Å²) in [6, 6.07) is 0. The smallest absolute Gasteiger partial charge is 0.314 e. The Morgan fingerprint density at radius 3 is 2.62 bits per heavy atom. The summed E-state index contributed by atoms with van der Waals surface area (Å²) in [5.41, 5.74) is 0. The summed E-state index contributed by atoms with van der Waals surface area (Å²) in [7, 11) is 0. The Bertz CT molecular complexity index is 248. The first-order chi connectivity index (χ1) is 7.77. The SMILES string of the molecule is CCCCCCCCC1C/C(=C\Br)OC1=O. The molecule has 0 aromatic heterocycles. The van der Waals surface area contributed by atoms with Crippen molar-refractivity contribution in [3.05, 3.63) is 10.7 Å². The lowest BCUT2D eigenvalue weighted by Crippen LogP contribution is -2.06. The summed E-state index contributed by atoms with van der Waals surface area (Å²) in [4.78, 5) is 13.1. The van der Waals surface area contributed by atoms with Crippen molar-refractivity contribution < 1.29 is 9.53 Å². The van der Waals surface area contributed by atoms with Crippen LogP contribution in [-0.4, -0.2) is 5.97 Å². The molecule has 1 heterocycles. The highest BCUT2D eigenvalue weighted by molar-refractivity contribution is 9.11. The Hall–Kier alpha value is -0.310. The molecule has 0 spiro atoms. The van der Waals surface area contributed by atoms with E-state index in [1.54, 1.807) is 4.99 Å². The Labute approximate surface area is 107 Å². The van der Waals surface area contributed by atoms with Crippen molar-refractivity contribution in [2.75, 3.05) is 0 Å². The average Bonchev–Trinajstić information content (AvgIpc) is 2.65. The van der Waals surface area contributed by atoms with Crippen molar-refractivity contribution >= 4 is 21.9 Å². The molecule has 16 heavy (non-hydrogen) atoms. The van der Waals surface area contributed by atoms with Gasteiger partial charge in [-0.3, -0.25) is 4.79 Å². The van der Waals surface area contributed by atoms with Gasteiger partial charge < -0.3 is 4.74 Å². The molecule has 0 aliphatic carbocycles. The highest BCUT2D eigenvalue weighted by Crippen LogP contribution is 2.29. The summed E-state index contributed by atoms with van der Waals surface area (Å²) in [6.45, 7) is 2.22. The van der Waals surface area contributed by atoms with Gasteiger partial charge in [-0.15, -0.1) is 0 Å². The molecule has 0 radical (unpaired) electrons. The number of rotatable bonds is 7. The van der Waals surface area contributed by atoms with Crippen LogP contribution in [-0.2, 0) is 9.53 Å². The standard InChI is InChI=1S/C13H21BrO2/c1-2-3-4-5-6-7-8-11-9-12(10-14)16-13(11)15/h10-11H,2-9H2,1H3/b12-10+. The molecule has 1 saturated heterocycles. The molecule has 0 aromatic carbocycles. The lowest BCUT2D eigenvalue weighted by molar-refractivity contribution is -0.139. The van der Waals surface area contributed by atoms with Crippen LogP contribution in [0.25, 0.3) is 0 Å². The number of allylic oxidation sites excluding steroid dienone is 1. The van der Waals surface area contributed by atoms with E-state index in [4.69, 9.17) is 4.74 Å². The summed E-state index contributed by atoms with van der Waals surface area (Å²) in [6.07, 6.45) is 9.41. The Morgan fingerprint density at radius 1 is 1.31 bits per heavy atom. The largest absolute Gasteiger partial charge is 0.430 e. The Morgan fingerprint density at radius 2 is 2.00 bits per heavy atom. The third-order valence-corrected chi connectivity index (χ3v) is 3.55. The van der Waals surface area contributed by atoms with Crippen LogP contribution in [0.2, 0.25) is 0 Å². The predicted octanol–water partition coefficient (Wildman–Crippen LogP) is 4.54. The van der Waals surface area contributed by atoms with Crippen LogP contribution in [0.5, 0.6) is 0 Å². The topological polar surface area (TPSA) is 26.3 Å². The molecule has 2 nitrogen and oxygen atoms in total. The minimum absolute atomic E-state index is 0.0424. The number of halogens is 1. The molecule has 92 valence electrons. The molecule has 1 unspecified atom stereocenters. The van der Waals surface area contributed by atoms with Gasteiger partial charge in [0.1, 0.15) is 5.76 Å². The van der Waals surface area contributed by atoms with Crippen LogP contribution >= 0.6 is 15.9 Å². The van der Waals surface area contributed by atoms with E-state index < -0.39 is 0 Å². The molecule has 0 N–H and O–H groups in total. The number of esters is 1. The number of carbonyl (C=O) groups excluding carboxylic acids is 1. The van der Waals surface area contributed by atoms with E-state index in [0.717, 1.165) is 25.0 Å². The molecule has 0 amide bonds. The molecule has 0 aromatic rings. The van der Waals surface area contributed by atoms with E-state index in [0.29, 0.717) is 0 Å². The minimum Gasteiger partial charge on any atom is -0.430 e. The fourth-order valence-corrected chi connectivity index (χ4v) is 2.32. The van der Waals surface area contributed by atoms with Crippen molar-refractivity contribution in [2.45, 2.75) is 58.3 Å². The molecule has 3 heteroatoms. The lowest BCUT2D eigenvalue weighted by Gasteiger charge is -2.04. The van der Waals surface area contributed by atoms with Crippen LogP contribution in [0.4, 0.5) is 0 Å². The number of hydrogen-bond donors (Lipinski definition) is 0. The van der Waals surface area contributed by atoms with Crippen LogP contribution < -0.4 is 0 Å². The Balaban J connectivity index is 2.07. The van der Waals surface area contributed by atoms with Gasteiger partial charge in [-0.05, 0) is 6.42 Å². The number of cyclic esters (lactones) is 1. The van der Waals surface area contributed by atoms with Crippen molar-refractivity contribution in [1.82, 2.24) is 0 Å². The average molecular weight is 289 g/mol. The minimum atomic E-state index is -0.0424. The number of ether oxygens (including phenoxy) is 1. The van der Waals surface area contributed by atoms with Crippen LogP contribution in [0.3, 0.4) is 0 Å². The van der Waals surface area contributed by atoms with Gasteiger partial charge in [0.05, 0.1) is 5.92 Å². The van der Waals surface area contributed by atoms with Crippen LogP contribution in [0, 0.1) is 5.92 Å². The second kappa shape index (κ2) is 7.88. The van der Waals surface area contributed by atoms with Crippen molar-refractivity contribution in [1.29, 1.82) is 0 Å². The maximum absolute atomic E-state index is 11.4. The van der Waals surface area contributed by atoms with Gasteiger partial charge in [-0.2, -0.15) is 0 Å². The molecule has 0 saturated carbocycles. The zero-order valence-corrected chi connectivity index (χ0v) is 11.6. The molecular weight excluding hydrogens is 268 g/mol. The van der Waals surface area contributed by atoms with E-state index in [1.165, 1.54) is 32.1 Å². The second-order valence-corrected chi connectivity index (χ2v) is 4.91. The Kier molecular flexibility index (Phi) is 6.78. The van der Waals surface area contributed by atoms with Crippen LogP contribution in [0.1, 0.15) is 58.3 Å². The van der Waals surface area contributed by atoms with Gasteiger partial charge in [-0.1, -0.05) is 61.4 Å². The quantitative estimate of drug-likeness (QED) is 0.508. The number of carbonyl (C=O) groups is 1. The molecule has 1 atom stereocenters. The van der Waals surface area contributed by atoms with E-state index in [-0.39, 0.29) is 11.9 Å². The molecular formula is C13H21BrO2. The van der Waals surface area contributed by atoms with Gasteiger partial charge in [0.15, 0.2) is 0 Å². The van der Waals surface area contributed by atoms with E-state index in [2.05, 4.69) is 22.9 Å². The fraction of sp³-hybridized carbons (Fsp3) is 0.769. The zero-order valence-electron chi connectivity index (χ0n) is 10.0. The van der Waals surface area contributed by atoms with Gasteiger partial charge in [0.2, 0.25) is 0 Å². The zero-order chi connectivity index (χ0) is 11.8. The van der Waals surface area contributed by atoms with Gasteiger partial charge in [-0.25, -0.2) is 0 Å². The van der Waals surface area contributed by atoms with E-state index >= 15 is 0 Å². The molecule has 1 rings (SSSR count). The molecule has 1 aliphatic rings. The van der Waals surface area contributed by atoms with Gasteiger partial charge in [0, 0.05) is 11.4 Å². The van der Waals surface area contributed by atoms with Crippen LogP contribution in [0.15, 0.2) is 10.7 Å². The second-order valence-electron chi connectivity index (χ2n) is 4.45. The molecule has 1 fully saturated rings. The first-order valence-corrected chi connectivity index (χ1v) is 7.20. The molecule has 0 bridgehead atoms. The van der Waals surface area contributed by atoms with Gasteiger partial charge >= 0.3 is 5.97 Å². The normalized spacial score (nSPS) is 22.8. The third kappa shape index (κ3) is 4.69. The van der Waals surface area contributed by atoms with Gasteiger partial charge in [0.25, 0.3) is 0 Å². The lowest BCUT2D eigenvalue weighted by atomic mass is 9.98. The summed E-state index contributed by atoms with van der Waals surface area (Å²) >= 11 is 3.20. The van der Waals surface area contributed by atoms with Crippen molar-refractivity contribution in [3.8, 4) is 0 Å². The first-order valence-electron chi connectivity index (χ1n) is 6.29. The number of hydrogen-bond acceptors (Lipinski definition) is 2. The monoisotopic (exact) mass is 288 g/mol. The third-order valence-electron chi connectivity index (χ3n) is 3.04. The van der Waals surface area contributed by atoms with Crippen molar-refractivity contribution in [2.24, 2.45) is 5.92 Å². The van der Waals surface area contributed by atoms with Crippen molar-refractivity contribution in [3.63, 3.8) is 0 Å². The highest BCUT2D eigenvalue weighted by atomic mass is 79.9.